The van der Waals surface area contributed by atoms with Crippen LogP contribution in [0.3, 0.4) is 0 Å². The molecule has 3 rings (SSSR count). The first-order valence-electron chi connectivity index (χ1n) is 8.91. The summed E-state index contributed by atoms with van der Waals surface area (Å²) >= 11 is 13.8. The number of nitrogens with two attached hydrogens (primary N) is 1. The Morgan fingerprint density at radius 1 is 1.21 bits per heavy atom. The lowest BCUT2D eigenvalue weighted by Gasteiger charge is -2.16. The van der Waals surface area contributed by atoms with E-state index in [1.165, 1.54) is 23.9 Å². The summed E-state index contributed by atoms with van der Waals surface area (Å²) in [7, 11) is 0. The van der Waals surface area contributed by atoms with Gasteiger partial charge >= 0.3 is 0 Å². The Balaban J connectivity index is 1.90. The molecular formula is C20H21Cl2FN4S. The summed E-state index contributed by atoms with van der Waals surface area (Å²) in [5, 5.41) is 4.67. The van der Waals surface area contributed by atoms with E-state index < -0.39 is 5.82 Å². The Kier molecular flexibility index (Phi) is 6.53. The normalized spacial score (nSPS) is 13.5. The fraction of sp³-hybridized carbons (Fsp3) is 0.300. The number of anilines is 1. The zero-order chi connectivity index (χ0) is 20.4. The monoisotopic (exact) mass is 438 g/mol. The Bertz CT molecular complexity index is 992. The molecule has 28 heavy (non-hydrogen) atoms. The van der Waals surface area contributed by atoms with Crippen molar-refractivity contribution in [2.24, 2.45) is 0 Å². The quantitative estimate of drug-likeness (QED) is 0.339. The van der Waals surface area contributed by atoms with Crippen LogP contribution in [0, 0.1) is 5.82 Å². The molecule has 2 aromatic heterocycles. The highest BCUT2D eigenvalue weighted by molar-refractivity contribution is 7.99. The minimum Gasteiger partial charge on any atom is -0.383 e. The minimum absolute atomic E-state index is 0.0324. The van der Waals surface area contributed by atoms with Crippen molar-refractivity contribution in [1.82, 2.24) is 14.8 Å². The van der Waals surface area contributed by atoms with Crippen molar-refractivity contribution in [1.29, 1.82) is 0 Å². The molecule has 0 fully saturated rings. The molecule has 0 aliphatic heterocycles. The van der Waals surface area contributed by atoms with Crippen LogP contribution < -0.4 is 5.73 Å². The lowest BCUT2D eigenvalue weighted by Crippen LogP contribution is -2.03. The van der Waals surface area contributed by atoms with Crippen molar-refractivity contribution in [2.75, 3.05) is 5.73 Å². The van der Waals surface area contributed by atoms with Crippen LogP contribution in [0.4, 0.5) is 10.2 Å². The van der Waals surface area contributed by atoms with Crippen molar-refractivity contribution in [3.63, 3.8) is 0 Å². The van der Waals surface area contributed by atoms with E-state index in [9.17, 15) is 4.39 Å². The van der Waals surface area contributed by atoms with Gasteiger partial charge in [0.15, 0.2) is 0 Å². The fourth-order valence-corrected chi connectivity index (χ4v) is 4.73. The summed E-state index contributed by atoms with van der Waals surface area (Å²) in [6, 6.07) is 5.05. The van der Waals surface area contributed by atoms with Gasteiger partial charge in [-0.15, -0.1) is 11.8 Å². The van der Waals surface area contributed by atoms with Crippen LogP contribution in [0.25, 0.3) is 11.1 Å². The van der Waals surface area contributed by atoms with Crippen LogP contribution in [-0.2, 0) is 0 Å². The maximum atomic E-state index is 13.9. The summed E-state index contributed by atoms with van der Waals surface area (Å²) < 4.78 is 15.8. The maximum absolute atomic E-state index is 13.9. The molecule has 0 amide bonds. The molecule has 3 aromatic rings. The molecule has 0 saturated heterocycles. The van der Waals surface area contributed by atoms with Crippen LogP contribution >= 0.6 is 35.0 Å². The van der Waals surface area contributed by atoms with E-state index in [0.717, 1.165) is 22.4 Å². The van der Waals surface area contributed by atoms with E-state index in [-0.39, 0.29) is 10.3 Å². The van der Waals surface area contributed by atoms with Crippen LogP contribution in [-0.4, -0.2) is 14.8 Å². The molecule has 1 aromatic carbocycles. The van der Waals surface area contributed by atoms with Gasteiger partial charge in [0.1, 0.15) is 11.6 Å². The van der Waals surface area contributed by atoms with E-state index >= 15 is 0 Å². The molecule has 0 aliphatic carbocycles. The van der Waals surface area contributed by atoms with Crippen LogP contribution in [0.15, 0.2) is 41.7 Å². The van der Waals surface area contributed by atoms with Crippen molar-refractivity contribution in [3.8, 4) is 11.1 Å². The van der Waals surface area contributed by atoms with Gasteiger partial charge in [-0.1, -0.05) is 30.1 Å². The molecule has 0 aliphatic rings. The molecule has 2 N–H and O–H groups in total. The molecule has 0 radical (unpaired) electrons. The first-order valence-corrected chi connectivity index (χ1v) is 10.6. The van der Waals surface area contributed by atoms with Crippen LogP contribution in [0.5, 0.6) is 0 Å². The van der Waals surface area contributed by atoms with E-state index in [4.69, 9.17) is 28.9 Å². The number of hydrogen-bond donors (Lipinski definition) is 1. The first-order chi connectivity index (χ1) is 13.3. The Labute approximate surface area is 178 Å². The number of aromatic nitrogens is 3. The number of rotatable bonds is 6. The van der Waals surface area contributed by atoms with Crippen molar-refractivity contribution < 1.29 is 4.39 Å². The number of halogens is 3. The van der Waals surface area contributed by atoms with Gasteiger partial charge < -0.3 is 5.73 Å². The van der Waals surface area contributed by atoms with E-state index in [2.05, 4.69) is 23.9 Å². The minimum atomic E-state index is -0.495. The van der Waals surface area contributed by atoms with Crippen LogP contribution in [0.2, 0.25) is 10.0 Å². The Morgan fingerprint density at radius 3 is 2.68 bits per heavy atom. The molecule has 2 unspecified atom stereocenters. The molecule has 8 heteroatoms. The third kappa shape index (κ3) is 4.29. The highest BCUT2D eigenvalue weighted by Gasteiger charge is 2.20. The topological polar surface area (TPSA) is 56.7 Å². The lowest BCUT2D eigenvalue weighted by molar-refractivity contribution is 0.478. The number of benzene rings is 1. The number of nitrogen functional groups attached to an aromatic ring is 1. The molecular weight excluding hydrogens is 418 g/mol. The smallest absolute Gasteiger partial charge is 0.142 e. The Morgan fingerprint density at radius 2 is 1.96 bits per heavy atom. The van der Waals surface area contributed by atoms with Crippen LogP contribution in [0.1, 0.15) is 44.0 Å². The fourth-order valence-electron chi connectivity index (χ4n) is 2.79. The highest BCUT2D eigenvalue weighted by atomic mass is 35.5. The molecule has 4 nitrogen and oxygen atoms in total. The third-order valence-electron chi connectivity index (χ3n) is 4.65. The largest absolute Gasteiger partial charge is 0.383 e. The van der Waals surface area contributed by atoms with E-state index in [0.29, 0.717) is 22.4 Å². The molecule has 0 spiro atoms. The number of hydrogen-bond acceptors (Lipinski definition) is 4. The predicted octanol–water partition coefficient (Wildman–Crippen LogP) is 6.80. The van der Waals surface area contributed by atoms with Crippen molar-refractivity contribution >= 4 is 40.8 Å². The van der Waals surface area contributed by atoms with Crippen molar-refractivity contribution in [2.45, 2.75) is 43.4 Å². The zero-order valence-electron chi connectivity index (χ0n) is 15.8. The summed E-state index contributed by atoms with van der Waals surface area (Å²) in [5.41, 5.74) is 8.50. The van der Waals surface area contributed by atoms with Gasteiger partial charge in [0.05, 0.1) is 16.1 Å². The second kappa shape index (κ2) is 8.72. The standard InChI is InChI=1S/C20H21Cl2FN4S/c1-4-11(2)27-10-14(9-26-27)13-7-17(20(24)25-8-13)28-12(3)18-15(21)5-6-16(23)19(18)22/h5-12H,4H2,1-3H3,(H2,24,25). The van der Waals surface area contributed by atoms with Gasteiger partial charge in [-0.2, -0.15) is 5.10 Å². The van der Waals surface area contributed by atoms with Gasteiger partial charge in [0.2, 0.25) is 0 Å². The average Bonchev–Trinajstić information content (AvgIpc) is 3.16. The molecule has 2 atom stereocenters. The second-order valence-electron chi connectivity index (χ2n) is 6.59. The van der Waals surface area contributed by atoms with Gasteiger partial charge in [-0.05, 0) is 38.5 Å². The van der Waals surface area contributed by atoms with Gasteiger partial charge in [0, 0.05) is 45.4 Å². The van der Waals surface area contributed by atoms with E-state index in [1.807, 2.05) is 30.1 Å². The predicted molar refractivity (Wildman–Crippen MR) is 116 cm³/mol. The maximum Gasteiger partial charge on any atom is 0.142 e. The van der Waals surface area contributed by atoms with Gasteiger partial charge in [0.25, 0.3) is 0 Å². The molecule has 0 bridgehead atoms. The average molecular weight is 439 g/mol. The molecule has 2 heterocycles. The van der Waals surface area contributed by atoms with Gasteiger partial charge in [-0.3, -0.25) is 4.68 Å². The molecule has 0 saturated carbocycles. The third-order valence-corrected chi connectivity index (χ3v) is 6.53. The number of thioether (sulfide) groups is 1. The lowest BCUT2D eigenvalue weighted by atomic mass is 10.1. The summed E-state index contributed by atoms with van der Waals surface area (Å²) in [6.45, 7) is 6.15. The summed E-state index contributed by atoms with van der Waals surface area (Å²) in [5.74, 6) is -0.0932. The summed E-state index contributed by atoms with van der Waals surface area (Å²) in [6.07, 6.45) is 6.54. The number of pyridine rings is 1. The Hall–Kier alpha value is -1.76. The number of nitrogens with zero attached hydrogens (tertiary/aromatic N) is 3. The zero-order valence-corrected chi connectivity index (χ0v) is 18.1. The summed E-state index contributed by atoms with van der Waals surface area (Å²) in [4.78, 5) is 5.09. The van der Waals surface area contributed by atoms with Gasteiger partial charge in [-0.25, -0.2) is 9.37 Å². The second-order valence-corrected chi connectivity index (χ2v) is 8.76. The van der Waals surface area contributed by atoms with E-state index in [1.54, 1.807) is 6.20 Å². The molecule has 148 valence electrons. The highest BCUT2D eigenvalue weighted by Crippen LogP contribution is 2.44. The van der Waals surface area contributed by atoms with Crippen molar-refractivity contribution in [3.05, 3.63) is 58.2 Å². The SMILES string of the molecule is CCC(C)n1cc(-c2cnc(N)c(SC(C)c3c(Cl)ccc(F)c3Cl)c2)cn1. The first kappa shape index (κ1) is 21.0.